The summed E-state index contributed by atoms with van der Waals surface area (Å²) in [5, 5.41) is 3.35. The van der Waals surface area contributed by atoms with E-state index in [4.69, 9.17) is 0 Å². The van der Waals surface area contributed by atoms with Gasteiger partial charge in [-0.2, -0.15) is 0 Å². The van der Waals surface area contributed by atoms with E-state index < -0.39 is 11.6 Å². The average Bonchev–Trinajstić information content (AvgIpc) is 2.39. The minimum Gasteiger partial charge on any atom is -0.343 e. The molecule has 1 amide bonds. The number of nitrogens with one attached hydrogen (secondary N) is 1. The number of halogens is 2. The van der Waals surface area contributed by atoms with Crippen molar-refractivity contribution in [3.8, 4) is 0 Å². The molecule has 1 saturated heterocycles. The molecule has 1 aliphatic heterocycles. The lowest BCUT2D eigenvalue weighted by Crippen LogP contribution is -2.44. The molecule has 1 aromatic rings. The van der Waals surface area contributed by atoms with Gasteiger partial charge in [0, 0.05) is 43.7 Å². The van der Waals surface area contributed by atoms with E-state index in [1.807, 2.05) is 11.8 Å². The third-order valence-electron chi connectivity index (χ3n) is 3.85. The van der Waals surface area contributed by atoms with Crippen LogP contribution in [0.1, 0.15) is 38.3 Å². The Hall–Kier alpha value is -1.49. The van der Waals surface area contributed by atoms with E-state index in [1.54, 1.807) is 6.92 Å². The first kappa shape index (κ1) is 14.9. The number of benzene rings is 1. The van der Waals surface area contributed by atoms with Gasteiger partial charge in [-0.1, -0.05) is 6.07 Å². The first-order chi connectivity index (χ1) is 9.47. The number of carbonyl (C=O) groups is 1. The summed E-state index contributed by atoms with van der Waals surface area (Å²) < 4.78 is 26.6. The summed E-state index contributed by atoms with van der Waals surface area (Å²) in [6.45, 7) is 4.90. The molecule has 1 aliphatic rings. The minimum absolute atomic E-state index is 0.0982. The molecule has 5 heteroatoms. The summed E-state index contributed by atoms with van der Waals surface area (Å²) in [5.74, 6) is -0.986. The van der Waals surface area contributed by atoms with E-state index in [0.717, 1.165) is 32.0 Å². The molecule has 0 bridgehead atoms. The molecule has 0 aromatic heterocycles. The topological polar surface area (TPSA) is 32.3 Å². The highest BCUT2D eigenvalue weighted by atomic mass is 19.1. The van der Waals surface area contributed by atoms with Gasteiger partial charge in [-0.25, -0.2) is 8.78 Å². The highest BCUT2D eigenvalue weighted by molar-refractivity contribution is 5.73. The van der Waals surface area contributed by atoms with Crippen LogP contribution in [-0.4, -0.2) is 29.9 Å². The molecule has 1 aromatic carbocycles. The maximum Gasteiger partial charge on any atom is 0.219 e. The fourth-order valence-electron chi connectivity index (χ4n) is 2.66. The molecular formula is C15H20F2N2O. The molecule has 110 valence electrons. The van der Waals surface area contributed by atoms with Crippen molar-refractivity contribution in [3.63, 3.8) is 0 Å². The Labute approximate surface area is 118 Å². The molecule has 0 aliphatic carbocycles. The van der Waals surface area contributed by atoms with Crippen LogP contribution < -0.4 is 5.32 Å². The van der Waals surface area contributed by atoms with E-state index in [-0.39, 0.29) is 18.0 Å². The number of nitrogens with zero attached hydrogens (tertiary/aromatic N) is 1. The molecule has 1 heterocycles. The Bertz CT molecular complexity index is 485. The van der Waals surface area contributed by atoms with Crippen LogP contribution in [0.3, 0.4) is 0 Å². The van der Waals surface area contributed by atoms with Gasteiger partial charge in [0.25, 0.3) is 0 Å². The van der Waals surface area contributed by atoms with Gasteiger partial charge in [-0.3, -0.25) is 4.79 Å². The second kappa shape index (κ2) is 6.31. The zero-order valence-corrected chi connectivity index (χ0v) is 11.8. The van der Waals surface area contributed by atoms with Gasteiger partial charge < -0.3 is 10.2 Å². The Morgan fingerprint density at radius 2 is 2.00 bits per heavy atom. The fourth-order valence-corrected chi connectivity index (χ4v) is 2.66. The van der Waals surface area contributed by atoms with Crippen LogP contribution in [0.25, 0.3) is 0 Å². The largest absolute Gasteiger partial charge is 0.343 e. The maximum absolute atomic E-state index is 13.7. The van der Waals surface area contributed by atoms with Crippen molar-refractivity contribution in [2.24, 2.45) is 0 Å². The lowest BCUT2D eigenvalue weighted by atomic mass is 10.0. The Morgan fingerprint density at radius 3 is 2.55 bits per heavy atom. The number of hydrogen-bond donors (Lipinski definition) is 1. The summed E-state index contributed by atoms with van der Waals surface area (Å²) in [7, 11) is 0. The van der Waals surface area contributed by atoms with Crippen molar-refractivity contribution in [2.45, 2.75) is 38.8 Å². The second-order valence-electron chi connectivity index (χ2n) is 5.33. The maximum atomic E-state index is 13.7. The molecule has 1 atom stereocenters. The third kappa shape index (κ3) is 3.54. The highest BCUT2D eigenvalue weighted by Crippen LogP contribution is 2.20. The zero-order valence-electron chi connectivity index (χ0n) is 11.8. The quantitative estimate of drug-likeness (QED) is 0.924. The Kier molecular flexibility index (Phi) is 4.70. The summed E-state index contributed by atoms with van der Waals surface area (Å²) in [5.41, 5.74) is 0.473. The second-order valence-corrected chi connectivity index (χ2v) is 5.33. The van der Waals surface area contributed by atoms with E-state index in [1.165, 1.54) is 12.1 Å². The Morgan fingerprint density at radius 1 is 1.35 bits per heavy atom. The van der Waals surface area contributed by atoms with Gasteiger partial charge in [0.15, 0.2) is 0 Å². The predicted molar refractivity (Wildman–Crippen MR) is 73.2 cm³/mol. The average molecular weight is 282 g/mol. The third-order valence-corrected chi connectivity index (χ3v) is 3.85. The molecule has 0 radical (unpaired) electrons. The molecule has 1 fully saturated rings. The van der Waals surface area contributed by atoms with Crippen molar-refractivity contribution in [2.75, 3.05) is 13.1 Å². The Balaban J connectivity index is 1.92. The lowest BCUT2D eigenvalue weighted by Gasteiger charge is -2.33. The fraction of sp³-hybridized carbons (Fsp3) is 0.533. The first-order valence-electron chi connectivity index (χ1n) is 6.94. The zero-order chi connectivity index (χ0) is 14.7. The number of piperidine rings is 1. The summed E-state index contributed by atoms with van der Waals surface area (Å²) in [6, 6.07) is 3.74. The van der Waals surface area contributed by atoms with Gasteiger partial charge >= 0.3 is 0 Å². The molecule has 0 spiro atoms. The van der Waals surface area contributed by atoms with Crippen LogP contribution in [0, 0.1) is 11.6 Å². The van der Waals surface area contributed by atoms with E-state index in [9.17, 15) is 13.6 Å². The smallest absolute Gasteiger partial charge is 0.219 e. The number of hydrogen-bond acceptors (Lipinski definition) is 2. The standard InChI is InChI=1S/C15H20F2N2O/c1-10(14-4-3-12(16)9-15(14)17)18-13-5-7-19(8-6-13)11(2)20/h3-4,9-10,13,18H,5-8H2,1-2H3/t10-/m1/s1. The SMILES string of the molecule is CC(=O)N1CCC(N[C@H](C)c2ccc(F)cc2F)CC1. The van der Waals surface area contributed by atoms with Crippen LogP contribution in [0.2, 0.25) is 0 Å². The van der Waals surface area contributed by atoms with Crippen LogP contribution in [0.15, 0.2) is 18.2 Å². The van der Waals surface area contributed by atoms with Gasteiger partial charge in [0.1, 0.15) is 11.6 Å². The minimum atomic E-state index is -0.562. The van der Waals surface area contributed by atoms with Crippen LogP contribution in [0.4, 0.5) is 8.78 Å². The monoisotopic (exact) mass is 282 g/mol. The summed E-state index contributed by atoms with van der Waals surface area (Å²) >= 11 is 0. The first-order valence-corrected chi connectivity index (χ1v) is 6.94. The molecule has 3 nitrogen and oxygen atoms in total. The van der Waals surface area contributed by atoms with Gasteiger partial charge in [0.05, 0.1) is 0 Å². The van der Waals surface area contributed by atoms with Crippen LogP contribution in [0.5, 0.6) is 0 Å². The van der Waals surface area contributed by atoms with E-state index in [2.05, 4.69) is 5.32 Å². The predicted octanol–water partition coefficient (Wildman–Crippen LogP) is 2.63. The number of rotatable bonds is 3. The van der Waals surface area contributed by atoms with Crippen molar-refractivity contribution < 1.29 is 13.6 Å². The number of likely N-dealkylation sites (tertiary alicyclic amines) is 1. The summed E-state index contributed by atoms with van der Waals surface area (Å²) in [6.07, 6.45) is 1.71. The van der Waals surface area contributed by atoms with Crippen LogP contribution >= 0.6 is 0 Å². The normalized spacial score (nSPS) is 18.1. The molecule has 20 heavy (non-hydrogen) atoms. The highest BCUT2D eigenvalue weighted by Gasteiger charge is 2.22. The van der Waals surface area contributed by atoms with Crippen molar-refractivity contribution in [1.29, 1.82) is 0 Å². The molecular weight excluding hydrogens is 262 g/mol. The molecule has 0 saturated carbocycles. The van der Waals surface area contributed by atoms with Crippen LogP contribution in [-0.2, 0) is 4.79 Å². The lowest BCUT2D eigenvalue weighted by molar-refractivity contribution is -0.129. The van der Waals surface area contributed by atoms with Gasteiger partial charge in [0.2, 0.25) is 5.91 Å². The van der Waals surface area contributed by atoms with Gasteiger partial charge in [-0.05, 0) is 25.8 Å². The van der Waals surface area contributed by atoms with E-state index in [0.29, 0.717) is 5.56 Å². The molecule has 2 rings (SSSR count). The van der Waals surface area contributed by atoms with Crippen molar-refractivity contribution in [3.05, 3.63) is 35.4 Å². The number of amides is 1. The van der Waals surface area contributed by atoms with Crippen molar-refractivity contribution >= 4 is 5.91 Å². The molecule has 0 unspecified atom stereocenters. The van der Waals surface area contributed by atoms with Gasteiger partial charge in [-0.15, -0.1) is 0 Å². The van der Waals surface area contributed by atoms with E-state index >= 15 is 0 Å². The summed E-state index contributed by atoms with van der Waals surface area (Å²) in [4.78, 5) is 13.1. The number of carbonyl (C=O) groups excluding carboxylic acids is 1. The molecule has 1 N–H and O–H groups in total. The van der Waals surface area contributed by atoms with Crippen molar-refractivity contribution in [1.82, 2.24) is 10.2 Å².